The van der Waals surface area contributed by atoms with Crippen LogP contribution in [0.2, 0.25) is 0 Å². The van der Waals surface area contributed by atoms with Crippen molar-refractivity contribution in [3.05, 3.63) is 0 Å². The molecule has 6 heavy (non-hydrogen) atoms. The molecule has 2 nitrogen and oxygen atoms in total. The van der Waals surface area contributed by atoms with E-state index in [0.717, 1.165) is 0 Å². The number of hydrogen-bond acceptors (Lipinski definition) is 1. The summed E-state index contributed by atoms with van der Waals surface area (Å²) in [5, 5.41) is 0. The second kappa shape index (κ2) is 1.97. The van der Waals surface area contributed by atoms with E-state index in [9.17, 15) is 4.57 Å². The van der Waals surface area contributed by atoms with Gasteiger partial charge in [-0.25, -0.2) is 0 Å². The first-order valence-electron chi connectivity index (χ1n) is 1.41. The molecule has 0 aliphatic carbocycles. The molecule has 0 aliphatic rings. The van der Waals surface area contributed by atoms with Crippen molar-refractivity contribution in [1.82, 2.24) is 0 Å². The third-order valence-electron chi connectivity index (χ3n) is 0.222. The molecule has 0 rings (SSSR count). The molecule has 0 saturated carbocycles. The molecule has 1 atom stereocenters. The standard InChI is InChI=1S/C2H6ClO2P/c1-6(4,5)2-3/h2H2,1H3,(H,4,5). The molecule has 1 unspecified atom stereocenters. The second-order valence-corrected chi connectivity index (χ2v) is 4.23. The lowest BCUT2D eigenvalue weighted by Crippen LogP contribution is -1.72. The van der Waals surface area contributed by atoms with Crippen LogP contribution in [0.3, 0.4) is 0 Å². The summed E-state index contributed by atoms with van der Waals surface area (Å²) < 4.78 is 10.0. The zero-order chi connectivity index (χ0) is 5.21. The molecule has 0 radical (unpaired) electrons. The van der Waals surface area contributed by atoms with Gasteiger partial charge in [-0.1, -0.05) is 0 Å². The first kappa shape index (κ1) is 6.48. The highest BCUT2D eigenvalue weighted by Gasteiger charge is 2.03. The van der Waals surface area contributed by atoms with Gasteiger partial charge in [-0.2, -0.15) is 0 Å². The summed E-state index contributed by atoms with van der Waals surface area (Å²) in [4.78, 5) is 8.25. The maximum atomic E-state index is 10.0. The average Bonchev–Trinajstić information content (AvgIpc) is 1.35. The van der Waals surface area contributed by atoms with Crippen LogP contribution >= 0.6 is 19.0 Å². The van der Waals surface area contributed by atoms with Crippen LogP contribution in [0.25, 0.3) is 0 Å². The fourth-order valence-corrected chi connectivity index (χ4v) is 0. The van der Waals surface area contributed by atoms with Crippen LogP contribution in [-0.2, 0) is 4.57 Å². The van der Waals surface area contributed by atoms with Crippen LogP contribution in [-0.4, -0.2) is 17.2 Å². The Morgan fingerprint density at radius 3 is 2.17 bits per heavy atom. The topological polar surface area (TPSA) is 37.3 Å². The summed E-state index contributed by atoms with van der Waals surface area (Å²) in [7, 11) is -2.88. The minimum Gasteiger partial charge on any atom is -0.344 e. The van der Waals surface area contributed by atoms with Gasteiger partial charge in [-0.15, -0.1) is 11.6 Å². The van der Waals surface area contributed by atoms with Crippen molar-refractivity contribution in [2.45, 2.75) is 0 Å². The predicted octanol–water partition coefficient (Wildman–Crippen LogP) is 1.08. The Morgan fingerprint density at radius 2 is 2.17 bits per heavy atom. The van der Waals surface area contributed by atoms with Crippen molar-refractivity contribution >= 4 is 19.0 Å². The van der Waals surface area contributed by atoms with E-state index in [2.05, 4.69) is 0 Å². The van der Waals surface area contributed by atoms with E-state index in [1.54, 1.807) is 0 Å². The molecule has 0 aromatic carbocycles. The van der Waals surface area contributed by atoms with Gasteiger partial charge in [0.25, 0.3) is 0 Å². The molecule has 0 aromatic heterocycles. The highest BCUT2D eigenvalue weighted by atomic mass is 35.5. The zero-order valence-corrected chi connectivity index (χ0v) is 5.04. The smallest absolute Gasteiger partial charge is 0.211 e. The van der Waals surface area contributed by atoms with Crippen molar-refractivity contribution in [1.29, 1.82) is 0 Å². The largest absolute Gasteiger partial charge is 0.344 e. The quantitative estimate of drug-likeness (QED) is 0.424. The Balaban J connectivity index is 3.48. The van der Waals surface area contributed by atoms with Crippen LogP contribution in [0.4, 0.5) is 0 Å². The van der Waals surface area contributed by atoms with Crippen molar-refractivity contribution in [2.75, 3.05) is 12.3 Å². The van der Waals surface area contributed by atoms with Gasteiger partial charge in [0, 0.05) is 6.66 Å². The van der Waals surface area contributed by atoms with E-state index in [-0.39, 0.29) is 5.62 Å². The molecule has 0 fully saturated rings. The molecule has 0 bridgehead atoms. The Kier molecular flexibility index (Phi) is 2.12. The Morgan fingerprint density at radius 1 is 2.00 bits per heavy atom. The first-order chi connectivity index (χ1) is 2.56. The minimum atomic E-state index is -2.88. The lowest BCUT2D eigenvalue weighted by molar-refractivity contribution is 0.490. The molecule has 0 aromatic rings. The summed E-state index contributed by atoms with van der Waals surface area (Å²) in [6, 6.07) is 0. The first-order valence-corrected chi connectivity index (χ1v) is 4.24. The molecule has 4 heteroatoms. The molecule has 0 saturated heterocycles. The lowest BCUT2D eigenvalue weighted by atomic mass is 11.9. The highest BCUT2D eigenvalue weighted by molar-refractivity contribution is 7.58. The third kappa shape index (κ3) is 4.48. The average molecular weight is 128 g/mol. The summed E-state index contributed by atoms with van der Waals surface area (Å²) in [6.07, 6.45) is 0. The van der Waals surface area contributed by atoms with Crippen LogP contribution in [0.5, 0.6) is 0 Å². The van der Waals surface area contributed by atoms with Crippen LogP contribution in [0.1, 0.15) is 0 Å². The molecular weight excluding hydrogens is 122 g/mol. The fraction of sp³-hybridized carbons (Fsp3) is 1.00. The number of rotatable bonds is 1. The van der Waals surface area contributed by atoms with Crippen molar-refractivity contribution in [2.24, 2.45) is 0 Å². The Hall–Kier alpha value is 0.480. The summed E-state index contributed by atoms with van der Waals surface area (Å²) >= 11 is 4.96. The Bertz CT molecular complexity index is 75.6. The number of hydrogen-bond donors (Lipinski definition) is 1. The number of halogens is 1. The van der Waals surface area contributed by atoms with E-state index >= 15 is 0 Å². The SMILES string of the molecule is CP(=O)(O)CCl. The van der Waals surface area contributed by atoms with Gasteiger partial charge in [-0.3, -0.25) is 4.57 Å². The van der Waals surface area contributed by atoms with Crippen LogP contribution < -0.4 is 0 Å². The summed E-state index contributed by atoms with van der Waals surface area (Å²) in [5.74, 6) is 0. The molecule has 0 aliphatic heterocycles. The van der Waals surface area contributed by atoms with Crippen molar-refractivity contribution in [3.63, 3.8) is 0 Å². The molecule has 1 N–H and O–H groups in total. The molecular formula is C2H6ClO2P. The second-order valence-electron chi connectivity index (χ2n) is 1.17. The van der Waals surface area contributed by atoms with Crippen LogP contribution in [0.15, 0.2) is 0 Å². The van der Waals surface area contributed by atoms with Gasteiger partial charge in [0.15, 0.2) is 0 Å². The van der Waals surface area contributed by atoms with Gasteiger partial charge < -0.3 is 4.89 Å². The Labute approximate surface area is 41.6 Å². The summed E-state index contributed by atoms with van der Waals surface area (Å²) in [5.41, 5.74) is -0.146. The van der Waals surface area contributed by atoms with Gasteiger partial charge >= 0.3 is 0 Å². The van der Waals surface area contributed by atoms with Gasteiger partial charge in [0.05, 0.1) is 5.62 Å². The number of alkyl halides is 1. The predicted molar refractivity (Wildman–Crippen MR) is 26.5 cm³/mol. The van der Waals surface area contributed by atoms with E-state index in [1.807, 2.05) is 0 Å². The maximum Gasteiger partial charge on any atom is 0.211 e. The van der Waals surface area contributed by atoms with Gasteiger partial charge in [0.2, 0.25) is 7.37 Å². The molecule has 0 spiro atoms. The highest BCUT2D eigenvalue weighted by Crippen LogP contribution is 2.35. The molecule has 0 heterocycles. The van der Waals surface area contributed by atoms with E-state index in [4.69, 9.17) is 16.5 Å². The molecule has 0 amide bonds. The monoisotopic (exact) mass is 128 g/mol. The maximum absolute atomic E-state index is 10.0. The summed E-state index contributed by atoms with van der Waals surface area (Å²) in [6.45, 7) is 1.22. The lowest BCUT2D eigenvalue weighted by Gasteiger charge is -1.92. The van der Waals surface area contributed by atoms with Crippen molar-refractivity contribution < 1.29 is 9.46 Å². The third-order valence-corrected chi connectivity index (χ3v) is 2.00. The van der Waals surface area contributed by atoms with E-state index in [0.29, 0.717) is 0 Å². The van der Waals surface area contributed by atoms with Gasteiger partial charge in [-0.05, 0) is 0 Å². The zero-order valence-electron chi connectivity index (χ0n) is 3.39. The fourth-order valence-electron chi connectivity index (χ4n) is 0. The van der Waals surface area contributed by atoms with E-state index in [1.165, 1.54) is 6.66 Å². The van der Waals surface area contributed by atoms with Crippen molar-refractivity contribution in [3.8, 4) is 0 Å². The normalized spacial score (nSPS) is 19.8. The van der Waals surface area contributed by atoms with Crippen LogP contribution in [0, 0.1) is 0 Å². The van der Waals surface area contributed by atoms with E-state index < -0.39 is 7.37 Å². The minimum absolute atomic E-state index is 0.146. The van der Waals surface area contributed by atoms with Gasteiger partial charge in [0.1, 0.15) is 0 Å². The molecule has 38 valence electrons.